The van der Waals surface area contributed by atoms with Crippen molar-refractivity contribution >= 4 is 16.8 Å². The van der Waals surface area contributed by atoms with Crippen LogP contribution >= 0.6 is 0 Å². The Morgan fingerprint density at radius 1 is 1.39 bits per heavy atom. The van der Waals surface area contributed by atoms with E-state index in [0.717, 1.165) is 23.0 Å². The van der Waals surface area contributed by atoms with Crippen LogP contribution in [0.15, 0.2) is 30.7 Å². The predicted octanol–water partition coefficient (Wildman–Crippen LogP) is 1.82. The van der Waals surface area contributed by atoms with Crippen LogP contribution in [0, 0.1) is 5.92 Å². The number of aromatic nitrogens is 2. The van der Waals surface area contributed by atoms with E-state index in [4.69, 9.17) is 0 Å². The topological polar surface area (TPSA) is 46.1 Å². The molecule has 1 aromatic carbocycles. The van der Waals surface area contributed by atoms with E-state index in [1.165, 1.54) is 0 Å². The lowest BCUT2D eigenvalue weighted by atomic mass is 9.89. The fraction of sp³-hybridized carbons (Fsp3) is 0.357. The number of benzene rings is 1. The number of nitrogens with zero attached hydrogens (tertiary/aromatic N) is 3. The quantitative estimate of drug-likeness (QED) is 0.765. The molecule has 0 aliphatic carbocycles. The van der Waals surface area contributed by atoms with Gasteiger partial charge in [-0.05, 0) is 23.6 Å². The Balaban J connectivity index is 2.07. The Morgan fingerprint density at radius 2 is 2.22 bits per heavy atom. The van der Waals surface area contributed by atoms with Gasteiger partial charge in [0, 0.05) is 25.2 Å². The van der Waals surface area contributed by atoms with E-state index in [-0.39, 0.29) is 11.8 Å². The summed E-state index contributed by atoms with van der Waals surface area (Å²) in [7, 11) is 1.86. The molecule has 0 spiro atoms. The minimum atomic E-state index is -0.0281. The molecule has 0 N–H and O–H groups in total. The molecule has 2 heterocycles. The molecule has 2 unspecified atom stereocenters. The number of hydrogen-bond acceptors (Lipinski definition) is 3. The van der Waals surface area contributed by atoms with Crippen LogP contribution in [0.5, 0.6) is 0 Å². The first-order chi connectivity index (χ1) is 8.66. The summed E-state index contributed by atoms with van der Waals surface area (Å²) >= 11 is 0. The molecule has 1 aliphatic heterocycles. The molecule has 1 saturated heterocycles. The third kappa shape index (κ3) is 1.65. The highest BCUT2D eigenvalue weighted by Crippen LogP contribution is 2.33. The molecule has 0 saturated carbocycles. The lowest BCUT2D eigenvalue weighted by Gasteiger charge is -2.13. The van der Waals surface area contributed by atoms with Gasteiger partial charge in [0.1, 0.15) is 6.33 Å². The maximum absolute atomic E-state index is 12.1. The molecule has 0 bridgehead atoms. The van der Waals surface area contributed by atoms with Crippen LogP contribution in [0.1, 0.15) is 18.4 Å². The van der Waals surface area contributed by atoms with Gasteiger partial charge in [0.15, 0.2) is 0 Å². The van der Waals surface area contributed by atoms with E-state index < -0.39 is 0 Å². The van der Waals surface area contributed by atoms with Crippen LogP contribution in [0.3, 0.4) is 0 Å². The monoisotopic (exact) mass is 241 g/mol. The largest absolute Gasteiger partial charge is 0.345 e. The maximum atomic E-state index is 12.1. The Bertz CT molecular complexity index is 611. The minimum Gasteiger partial charge on any atom is -0.345 e. The number of amides is 1. The van der Waals surface area contributed by atoms with Gasteiger partial charge in [-0.2, -0.15) is 0 Å². The number of likely N-dealkylation sites (tertiary alicyclic amines) is 1. The summed E-state index contributed by atoms with van der Waals surface area (Å²) in [4.78, 5) is 22.2. The van der Waals surface area contributed by atoms with Gasteiger partial charge in [-0.3, -0.25) is 4.79 Å². The number of carbonyl (C=O) groups is 1. The zero-order valence-corrected chi connectivity index (χ0v) is 10.5. The van der Waals surface area contributed by atoms with Crippen molar-refractivity contribution in [2.75, 3.05) is 13.6 Å². The molecule has 2 atom stereocenters. The van der Waals surface area contributed by atoms with Crippen LogP contribution in [0.25, 0.3) is 10.9 Å². The molecule has 4 heteroatoms. The molecule has 2 aromatic rings. The van der Waals surface area contributed by atoms with Gasteiger partial charge in [0.2, 0.25) is 5.91 Å². The molecule has 1 amide bonds. The summed E-state index contributed by atoms with van der Waals surface area (Å²) in [6.45, 7) is 2.95. The summed E-state index contributed by atoms with van der Waals surface area (Å²) < 4.78 is 0. The first-order valence-electron chi connectivity index (χ1n) is 6.11. The highest BCUT2D eigenvalue weighted by molar-refractivity contribution is 5.88. The van der Waals surface area contributed by atoms with E-state index in [9.17, 15) is 4.79 Å². The number of rotatable bonds is 1. The normalized spacial score (nSPS) is 23.9. The lowest BCUT2D eigenvalue weighted by Crippen LogP contribution is -2.21. The highest BCUT2D eigenvalue weighted by Gasteiger charge is 2.36. The average Bonchev–Trinajstić information content (AvgIpc) is 2.63. The molecule has 4 nitrogen and oxygen atoms in total. The second kappa shape index (κ2) is 4.05. The van der Waals surface area contributed by atoms with Gasteiger partial charge in [-0.1, -0.05) is 13.0 Å². The summed E-state index contributed by atoms with van der Waals surface area (Å²) in [6.07, 6.45) is 3.33. The van der Waals surface area contributed by atoms with Crippen molar-refractivity contribution in [1.82, 2.24) is 14.9 Å². The second-order valence-corrected chi connectivity index (χ2v) is 5.01. The first-order valence-corrected chi connectivity index (χ1v) is 6.11. The van der Waals surface area contributed by atoms with E-state index >= 15 is 0 Å². The van der Waals surface area contributed by atoms with Gasteiger partial charge in [0.05, 0.1) is 11.4 Å². The molecule has 18 heavy (non-hydrogen) atoms. The van der Waals surface area contributed by atoms with Gasteiger partial charge < -0.3 is 4.90 Å². The third-order valence-electron chi connectivity index (χ3n) is 3.66. The standard InChI is InChI=1S/C14H15N3O/c1-9-7-17(2)14(18)13(9)10-3-4-12-11(5-10)6-15-8-16-12/h3-6,8-9,13H,7H2,1-2H3. The summed E-state index contributed by atoms with van der Waals surface area (Å²) in [5, 5.41) is 0.990. The number of fused-ring (bicyclic) bond motifs is 1. The average molecular weight is 241 g/mol. The first kappa shape index (κ1) is 11.1. The molecule has 3 rings (SSSR count). The van der Waals surface area contributed by atoms with Crippen LogP contribution in [0.4, 0.5) is 0 Å². The SMILES string of the molecule is CC1CN(C)C(=O)C1c1ccc2ncncc2c1. The molecular formula is C14H15N3O. The fourth-order valence-corrected chi connectivity index (χ4v) is 2.78. The van der Waals surface area contributed by atoms with Crippen molar-refractivity contribution in [1.29, 1.82) is 0 Å². The molecule has 1 aromatic heterocycles. The fourth-order valence-electron chi connectivity index (χ4n) is 2.78. The minimum absolute atomic E-state index is 0.0281. The zero-order valence-electron chi connectivity index (χ0n) is 10.5. The Labute approximate surface area is 106 Å². The van der Waals surface area contributed by atoms with E-state index in [1.807, 2.05) is 25.2 Å². The number of carbonyl (C=O) groups excluding carboxylic acids is 1. The maximum Gasteiger partial charge on any atom is 0.230 e. The van der Waals surface area contributed by atoms with Gasteiger partial charge >= 0.3 is 0 Å². The molecule has 92 valence electrons. The molecule has 1 aliphatic rings. The Morgan fingerprint density at radius 3 is 2.94 bits per heavy atom. The molecular weight excluding hydrogens is 226 g/mol. The Hall–Kier alpha value is -1.97. The van der Waals surface area contributed by atoms with Crippen LogP contribution in [0.2, 0.25) is 0 Å². The second-order valence-electron chi connectivity index (χ2n) is 5.01. The van der Waals surface area contributed by atoms with Crippen molar-refractivity contribution < 1.29 is 4.79 Å². The van der Waals surface area contributed by atoms with E-state index in [0.29, 0.717) is 5.92 Å². The van der Waals surface area contributed by atoms with Crippen molar-refractivity contribution in [3.05, 3.63) is 36.3 Å². The van der Waals surface area contributed by atoms with Crippen LogP contribution in [-0.2, 0) is 4.79 Å². The van der Waals surface area contributed by atoms with Crippen molar-refractivity contribution in [3.8, 4) is 0 Å². The van der Waals surface area contributed by atoms with Crippen molar-refractivity contribution in [2.24, 2.45) is 5.92 Å². The highest BCUT2D eigenvalue weighted by atomic mass is 16.2. The zero-order chi connectivity index (χ0) is 12.7. The van der Waals surface area contributed by atoms with E-state index in [1.54, 1.807) is 17.4 Å². The molecule has 1 fully saturated rings. The van der Waals surface area contributed by atoms with Gasteiger partial charge in [0.25, 0.3) is 0 Å². The lowest BCUT2D eigenvalue weighted by molar-refractivity contribution is -0.127. The molecule has 0 radical (unpaired) electrons. The summed E-state index contributed by atoms with van der Waals surface area (Å²) in [5.74, 6) is 0.530. The summed E-state index contributed by atoms with van der Waals surface area (Å²) in [6, 6.07) is 6.01. The van der Waals surface area contributed by atoms with Gasteiger partial charge in [-0.15, -0.1) is 0 Å². The van der Waals surface area contributed by atoms with Crippen molar-refractivity contribution in [2.45, 2.75) is 12.8 Å². The predicted molar refractivity (Wildman–Crippen MR) is 69.1 cm³/mol. The van der Waals surface area contributed by atoms with Gasteiger partial charge in [-0.25, -0.2) is 9.97 Å². The van der Waals surface area contributed by atoms with E-state index in [2.05, 4.69) is 16.9 Å². The summed E-state index contributed by atoms with van der Waals surface area (Å²) in [5.41, 5.74) is 1.99. The third-order valence-corrected chi connectivity index (χ3v) is 3.66. The number of likely N-dealkylation sites (N-methyl/N-ethyl adjacent to an activating group) is 1. The number of hydrogen-bond donors (Lipinski definition) is 0. The van der Waals surface area contributed by atoms with Crippen LogP contribution < -0.4 is 0 Å². The van der Waals surface area contributed by atoms with Crippen molar-refractivity contribution in [3.63, 3.8) is 0 Å². The Kier molecular flexibility index (Phi) is 2.51. The van der Waals surface area contributed by atoms with Crippen LogP contribution in [-0.4, -0.2) is 34.4 Å². The smallest absolute Gasteiger partial charge is 0.230 e.